The van der Waals surface area contributed by atoms with Crippen LogP contribution in [0.15, 0.2) is 48.5 Å². The van der Waals surface area contributed by atoms with E-state index in [2.05, 4.69) is 5.32 Å². The van der Waals surface area contributed by atoms with Crippen molar-refractivity contribution in [3.63, 3.8) is 0 Å². The third-order valence-corrected chi connectivity index (χ3v) is 10.9. The third kappa shape index (κ3) is 5.98. The quantitative estimate of drug-likeness (QED) is 0.446. The van der Waals surface area contributed by atoms with Gasteiger partial charge in [-0.3, -0.25) is 9.59 Å². The van der Waals surface area contributed by atoms with Gasteiger partial charge in [0.2, 0.25) is 5.91 Å². The van der Waals surface area contributed by atoms with Crippen LogP contribution in [0.4, 0.5) is 0 Å². The molecule has 2 aromatic rings. The maximum atomic E-state index is 13.8. The molecule has 10 heteroatoms. The van der Waals surface area contributed by atoms with E-state index in [1.54, 1.807) is 30.3 Å². The van der Waals surface area contributed by atoms with Crippen LogP contribution in [0.2, 0.25) is 10.0 Å². The summed E-state index contributed by atoms with van der Waals surface area (Å²) in [5, 5.41) is 12.0. The molecule has 0 saturated carbocycles. The maximum Gasteiger partial charge on any atom is 0.304 e. The number of carboxylic acid groups (broad SMARTS) is 1. The minimum atomic E-state index is -3.62. The van der Waals surface area contributed by atoms with E-state index < -0.39 is 44.2 Å². The van der Waals surface area contributed by atoms with Gasteiger partial charge in [0.05, 0.1) is 24.9 Å². The minimum Gasteiger partial charge on any atom is -0.481 e. The van der Waals surface area contributed by atoms with E-state index in [1.165, 1.54) is 0 Å². The molecular formula is C27H31Cl2NO6S. The number of hydrogen-bond acceptors (Lipinski definition) is 5. The Morgan fingerprint density at radius 2 is 1.78 bits per heavy atom. The largest absolute Gasteiger partial charge is 0.481 e. The maximum absolute atomic E-state index is 13.8. The van der Waals surface area contributed by atoms with Gasteiger partial charge in [0.25, 0.3) is 0 Å². The highest BCUT2D eigenvalue weighted by Gasteiger charge is 2.47. The van der Waals surface area contributed by atoms with Crippen molar-refractivity contribution in [2.45, 2.75) is 49.1 Å². The monoisotopic (exact) mass is 567 g/mol. The lowest BCUT2D eigenvalue weighted by Crippen LogP contribution is -2.54. The fraction of sp³-hybridized carbons (Fsp3) is 0.481. The smallest absolute Gasteiger partial charge is 0.304 e. The molecule has 0 radical (unpaired) electrons. The summed E-state index contributed by atoms with van der Waals surface area (Å²) >= 11 is 12.4. The molecule has 2 aromatic carbocycles. The van der Waals surface area contributed by atoms with Crippen LogP contribution in [0.3, 0.4) is 0 Å². The Bertz CT molecular complexity index is 1250. The van der Waals surface area contributed by atoms with E-state index in [9.17, 15) is 23.1 Å². The van der Waals surface area contributed by atoms with E-state index in [0.29, 0.717) is 22.0 Å². The molecule has 2 N–H and O–H groups in total. The topological polar surface area (TPSA) is 110 Å². The SMILES string of the molecule is CC(C(C)C(c1ccc(Cl)cc1)S(=O)(=O)C1COC1)C1NC(=O)C(CC(=O)O)CC1c1cccc(Cl)c1. The van der Waals surface area contributed by atoms with Crippen molar-refractivity contribution in [2.75, 3.05) is 13.2 Å². The van der Waals surface area contributed by atoms with Crippen LogP contribution in [0.5, 0.6) is 0 Å². The number of amides is 1. The molecule has 2 saturated heterocycles. The lowest BCUT2D eigenvalue weighted by Gasteiger charge is -2.43. The van der Waals surface area contributed by atoms with Gasteiger partial charge in [0.1, 0.15) is 5.25 Å². The Hall–Kier alpha value is -2.13. The van der Waals surface area contributed by atoms with Crippen molar-refractivity contribution in [3.8, 4) is 0 Å². The van der Waals surface area contributed by atoms with Gasteiger partial charge >= 0.3 is 5.97 Å². The molecule has 2 aliphatic heterocycles. The van der Waals surface area contributed by atoms with Gasteiger partial charge in [-0.2, -0.15) is 0 Å². The highest BCUT2D eigenvalue weighted by Crippen LogP contribution is 2.44. The van der Waals surface area contributed by atoms with Crippen molar-refractivity contribution in [1.29, 1.82) is 0 Å². The molecule has 2 aliphatic rings. The molecule has 0 aromatic heterocycles. The van der Waals surface area contributed by atoms with Crippen molar-refractivity contribution >= 4 is 44.9 Å². The second-order valence-electron chi connectivity index (χ2n) is 10.2. The fourth-order valence-corrected chi connectivity index (χ4v) is 8.26. The summed E-state index contributed by atoms with van der Waals surface area (Å²) in [6, 6.07) is 13.7. The Balaban J connectivity index is 1.71. The van der Waals surface area contributed by atoms with E-state index >= 15 is 0 Å². The molecule has 1 amide bonds. The Morgan fingerprint density at radius 1 is 1.11 bits per heavy atom. The number of carbonyl (C=O) groups is 2. The number of benzene rings is 2. The fourth-order valence-electron chi connectivity index (χ4n) is 5.57. The number of aliphatic carboxylic acids is 1. The number of carboxylic acids is 1. The van der Waals surface area contributed by atoms with Crippen LogP contribution in [-0.4, -0.2) is 49.9 Å². The molecule has 2 heterocycles. The summed E-state index contributed by atoms with van der Waals surface area (Å²) in [5.74, 6) is -2.98. The van der Waals surface area contributed by atoms with Gasteiger partial charge in [-0.05, 0) is 53.6 Å². The number of ether oxygens (including phenoxy) is 1. The normalized spacial score (nSPS) is 25.0. The lowest BCUT2D eigenvalue weighted by molar-refractivity contribution is -0.142. The lowest BCUT2D eigenvalue weighted by atomic mass is 9.71. The average Bonchev–Trinajstić information content (AvgIpc) is 2.79. The molecule has 7 nitrogen and oxygen atoms in total. The van der Waals surface area contributed by atoms with Gasteiger partial charge in [-0.15, -0.1) is 0 Å². The summed E-state index contributed by atoms with van der Waals surface area (Å²) in [4.78, 5) is 24.4. The Morgan fingerprint density at radius 3 is 2.35 bits per heavy atom. The van der Waals surface area contributed by atoms with Crippen LogP contribution >= 0.6 is 23.2 Å². The molecule has 37 heavy (non-hydrogen) atoms. The molecule has 6 atom stereocenters. The van der Waals surface area contributed by atoms with Crippen LogP contribution in [0.1, 0.15) is 49.0 Å². The van der Waals surface area contributed by atoms with Crippen molar-refractivity contribution in [2.24, 2.45) is 17.8 Å². The standard InChI is InChI=1S/C27H31Cl2NO6S/c1-15(16(2)26(17-6-8-20(28)9-7-17)37(34,35)22-13-36-14-22)25-23(18-4-3-5-21(29)10-18)11-19(12-24(31)32)27(33)30-25/h3-10,15-16,19,22-23,25-26H,11-14H2,1-2H3,(H,30,33)(H,31,32). The van der Waals surface area contributed by atoms with Gasteiger partial charge < -0.3 is 15.2 Å². The van der Waals surface area contributed by atoms with Crippen molar-refractivity contribution in [1.82, 2.24) is 5.32 Å². The van der Waals surface area contributed by atoms with Crippen LogP contribution in [0, 0.1) is 17.8 Å². The summed E-state index contributed by atoms with van der Waals surface area (Å²) < 4.78 is 32.8. The number of piperidine rings is 1. The second kappa shape index (κ2) is 11.3. The zero-order valence-corrected chi connectivity index (χ0v) is 23.0. The Labute approximate surface area is 227 Å². The predicted molar refractivity (Wildman–Crippen MR) is 143 cm³/mol. The van der Waals surface area contributed by atoms with E-state index in [-0.39, 0.29) is 37.4 Å². The highest BCUT2D eigenvalue weighted by atomic mass is 35.5. The van der Waals surface area contributed by atoms with Crippen molar-refractivity contribution in [3.05, 3.63) is 69.7 Å². The molecule has 200 valence electrons. The van der Waals surface area contributed by atoms with Gasteiger partial charge in [0.15, 0.2) is 9.84 Å². The molecule has 0 bridgehead atoms. The third-order valence-electron chi connectivity index (χ3n) is 7.85. The van der Waals surface area contributed by atoms with Crippen molar-refractivity contribution < 1.29 is 27.9 Å². The minimum absolute atomic E-state index is 0.162. The van der Waals surface area contributed by atoms with Gasteiger partial charge in [-0.25, -0.2) is 8.42 Å². The number of carbonyl (C=O) groups excluding carboxylic acids is 1. The molecular weight excluding hydrogens is 537 g/mol. The van der Waals surface area contributed by atoms with Gasteiger partial charge in [0, 0.05) is 27.9 Å². The number of sulfone groups is 1. The van der Waals surface area contributed by atoms with Gasteiger partial charge in [-0.1, -0.05) is 61.3 Å². The van der Waals surface area contributed by atoms with E-state index in [0.717, 1.165) is 5.56 Å². The summed E-state index contributed by atoms with van der Waals surface area (Å²) in [7, 11) is -3.62. The first-order valence-corrected chi connectivity index (χ1v) is 14.7. The molecule has 4 rings (SSSR count). The first-order valence-electron chi connectivity index (χ1n) is 12.3. The molecule has 6 unspecified atom stereocenters. The first-order chi connectivity index (χ1) is 17.5. The van der Waals surface area contributed by atoms with Crippen LogP contribution in [0.25, 0.3) is 0 Å². The predicted octanol–water partition coefficient (Wildman–Crippen LogP) is 4.88. The number of rotatable bonds is 9. The van der Waals surface area contributed by atoms with E-state index in [1.807, 2.05) is 32.0 Å². The van der Waals surface area contributed by atoms with Crippen LogP contribution < -0.4 is 5.32 Å². The number of nitrogens with one attached hydrogen (secondary N) is 1. The number of hydrogen-bond donors (Lipinski definition) is 2. The highest BCUT2D eigenvalue weighted by molar-refractivity contribution is 7.92. The molecule has 2 fully saturated rings. The second-order valence-corrected chi connectivity index (χ2v) is 13.4. The van der Waals surface area contributed by atoms with E-state index in [4.69, 9.17) is 27.9 Å². The summed E-state index contributed by atoms with van der Waals surface area (Å²) in [5.41, 5.74) is 1.52. The molecule has 0 aliphatic carbocycles. The number of halogens is 2. The van der Waals surface area contributed by atoms with Crippen LogP contribution in [-0.2, 0) is 24.2 Å². The summed E-state index contributed by atoms with van der Waals surface area (Å²) in [6.07, 6.45) is 0.0536. The summed E-state index contributed by atoms with van der Waals surface area (Å²) in [6.45, 7) is 4.16. The Kier molecular flexibility index (Phi) is 8.53. The first kappa shape index (κ1) is 27.9. The molecule has 0 spiro atoms. The zero-order chi connectivity index (χ0) is 26.9. The zero-order valence-electron chi connectivity index (χ0n) is 20.6. The average molecular weight is 569 g/mol.